The Balaban J connectivity index is 4.07. The third-order valence-corrected chi connectivity index (χ3v) is 79.5. The highest BCUT2D eigenvalue weighted by atomic mass is 28.5. The first-order valence-electron chi connectivity index (χ1n) is 21.8. The van der Waals surface area contributed by atoms with E-state index in [0.717, 1.165) is 0 Å². The van der Waals surface area contributed by atoms with Gasteiger partial charge in [0.1, 0.15) is 9.52 Å². The summed E-state index contributed by atoms with van der Waals surface area (Å²) in [7, 11) is -16.0. The molecule has 0 fully saturated rings. The second-order valence-electron chi connectivity index (χ2n) is 27.3. The van der Waals surface area contributed by atoms with E-state index in [1.165, 1.54) is 16.7 Å². The fraction of sp³-hybridized carbons (Fsp3) is 0.733. The lowest BCUT2D eigenvalue weighted by Gasteiger charge is -2.64. The van der Waals surface area contributed by atoms with Crippen LogP contribution in [0.15, 0.2) is 24.3 Å². The van der Waals surface area contributed by atoms with Crippen LogP contribution in [0.2, 0.25) is 177 Å². The van der Waals surface area contributed by atoms with Gasteiger partial charge >= 0.3 is 0 Å². The van der Waals surface area contributed by atoms with Crippen molar-refractivity contribution in [1.82, 2.24) is 0 Å². The van der Waals surface area contributed by atoms with Gasteiger partial charge in [0.15, 0.2) is 0 Å². The largest absolute Gasteiger partial charge is 0.122 e. The molecule has 0 spiro atoms. The van der Waals surface area contributed by atoms with E-state index in [4.69, 9.17) is 0 Å². The van der Waals surface area contributed by atoms with Gasteiger partial charge in [-0.1, -0.05) is 239 Å². The van der Waals surface area contributed by atoms with Gasteiger partial charge in [-0.2, -0.15) is 0 Å². The minimum Gasteiger partial charge on any atom is -0.0693 e. The summed E-state index contributed by atoms with van der Waals surface area (Å²) in [5.74, 6) is 0. The van der Waals surface area contributed by atoms with Crippen LogP contribution in [0, 0.1) is 20.8 Å². The summed E-state index contributed by atoms with van der Waals surface area (Å²) < 4.78 is 0.906. The number of benzene rings is 2. The summed E-state index contributed by atoms with van der Waals surface area (Å²) in [6, 6.07) is 11.2. The lowest BCUT2D eigenvalue weighted by molar-refractivity contribution is 0.949. The summed E-state index contributed by atoms with van der Waals surface area (Å²) >= 11 is 0. The topological polar surface area (TPSA) is 0 Å². The zero-order valence-electron chi connectivity index (χ0n) is 42.8. The summed E-state index contributed by atoms with van der Waals surface area (Å²) in [6.07, 6.45) is 0. The normalized spacial score (nSPS) is 15.5. The van der Waals surface area contributed by atoms with Crippen molar-refractivity contribution in [3.8, 4) is 0 Å². The monoisotopic (exact) mass is 915 g/mol. The van der Waals surface area contributed by atoms with Crippen LogP contribution in [0.1, 0.15) is 33.4 Å². The third kappa shape index (κ3) is 8.22. The Morgan fingerprint density at radius 1 is 0.309 bits per heavy atom. The van der Waals surface area contributed by atoms with Gasteiger partial charge < -0.3 is 0 Å². The molecule has 0 aliphatic carbocycles. The molecular formula is C45H94Si10. The fourth-order valence-corrected chi connectivity index (χ4v) is 109. The highest BCUT2D eigenvalue weighted by molar-refractivity contribution is 7.17. The van der Waals surface area contributed by atoms with Crippen LogP contribution < -0.4 is 10.4 Å². The molecule has 0 atom stereocenters. The van der Waals surface area contributed by atoms with Gasteiger partial charge in [0, 0.05) is 72.7 Å². The quantitative estimate of drug-likeness (QED) is 0.166. The highest BCUT2D eigenvalue weighted by Gasteiger charge is 2.67. The molecule has 0 unspecified atom stereocenters. The van der Waals surface area contributed by atoms with Crippen LogP contribution in [-0.4, -0.2) is 82.2 Å². The van der Waals surface area contributed by atoms with Crippen molar-refractivity contribution < 1.29 is 0 Å². The van der Waals surface area contributed by atoms with Gasteiger partial charge in [-0.15, -0.1) is 0 Å². The van der Waals surface area contributed by atoms with E-state index in [0.29, 0.717) is 22.4 Å². The Bertz CT molecular complexity index is 1500. The maximum atomic E-state index is 3.09. The maximum Gasteiger partial charge on any atom is 0.122 e. The van der Waals surface area contributed by atoms with Crippen LogP contribution in [0.4, 0.5) is 0 Å². The average Bonchev–Trinajstić information content (AvgIpc) is 2.79. The van der Waals surface area contributed by atoms with E-state index in [-0.39, 0.29) is 0 Å². The number of hydrogen-bond donors (Lipinski definition) is 0. The van der Waals surface area contributed by atoms with Crippen LogP contribution in [0.5, 0.6) is 0 Å². The molecule has 0 aromatic heterocycles. The number of hydrogen-bond acceptors (Lipinski definition) is 0. The van der Waals surface area contributed by atoms with Crippen LogP contribution >= 0.6 is 0 Å². The minimum absolute atomic E-state index is 0.292. The van der Waals surface area contributed by atoms with Crippen LogP contribution in [0.3, 0.4) is 0 Å². The third-order valence-electron chi connectivity index (χ3n) is 14.4. The molecule has 0 nitrogen and oxygen atoms in total. The smallest absolute Gasteiger partial charge is 0.0693 e. The highest BCUT2D eigenvalue weighted by Crippen LogP contribution is 2.56. The molecule has 2 aromatic carbocycles. The zero-order valence-corrected chi connectivity index (χ0v) is 52.8. The van der Waals surface area contributed by atoms with Crippen molar-refractivity contribution in [1.29, 1.82) is 0 Å². The second kappa shape index (κ2) is 15.2. The van der Waals surface area contributed by atoms with E-state index >= 15 is 0 Å². The molecule has 2 aromatic rings. The fourth-order valence-electron chi connectivity index (χ4n) is 16.9. The zero-order chi connectivity index (χ0) is 44.2. The average molecular weight is 916 g/mol. The Kier molecular flexibility index (Phi) is 14.3. The first-order valence-corrected chi connectivity index (χ1v) is 54.3. The standard InChI is InChI=1S/C45H94Si10/c1-35-31-36(2)41(37(3)32-35)46-42-39(44(50(13,14)15,51(16,17)18)52(19,20)21)33-38(43(47(4,5)6,48(7,8)9)49(10,11)12)34-40(42)45(53(22,23)24,54(25,26)27)55(28,29)30/h31-34H,1-30H3. The van der Waals surface area contributed by atoms with Crippen LogP contribution in [-0.2, 0) is 12.9 Å². The van der Waals surface area contributed by atoms with Crippen LogP contribution in [0.25, 0.3) is 0 Å². The molecule has 0 heterocycles. The minimum atomic E-state index is -1.88. The van der Waals surface area contributed by atoms with E-state index in [1.54, 1.807) is 5.19 Å². The molecule has 2 rings (SSSR count). The Hall–Kier alpha value is 0.609. The lowest BCUT2D eigenvalue weighted by Crippen LogP contribution is -2.79. The molecule has 0 bridgehead atoms. The Morgan fingerprint density at radius 3 is 0.727 bits per heavy atom. The molecule has 0 saturated carbocycles. The summed E-state index contributed by atoms with van der Waals surface area (Å²) in [5, 5.41) is 3.49. The van der Waals surface area contributed by atoms with E-state index in [1.807, 2.05) is 21.9 Å². The first kappa shape index (κ1) is 51.7. The lowest BCUT2D eigenvalue weighted by atomic mass is 10.1. The molecule has 0 amide bonds. The van der Waals surface area contributed by atoms with E-state index < -0.39 is 72.7 Å². The molecule has 10 heteroatoms. The SMILES string of the molecule is Cc1cc(C)c([Si]c2c(C([Si](C)(C)C)([Si](C)(C)C)[Si](C)(C)C)cc(C([Si](C)(C)C)([Si](C)(C)C)[Si](C)(C)C)cc2C([Si](C)(C)C)([Si](C)(C)C)[Si](C)(C)C)c(C)c1. The molecular weight excluding hydrogens is 821 g/mol. The predicted octanol–water partition coefficient (Wildman–Crippen LogP) is 13.9. The maximum absolute atomic E-state index is 3.09. The Labute approximate surface area is 358 Å². The molecule has 55 heavy (non-hydrogen) atoms. The van der Waals surface area contributed by atoms with Crippen molar-refractivity contribution in [3.63, 3.8) is 0 Å². The molecule has 0 aliphatic heterocycles. The van der Waals surface area contributed by atoms with Crippen molar-refractivity contribution >= 4 is 92.6 Å². The molecule has 0 aliphatic rings. The number of aryl methyl sites for hydroxylation is 3. The van der Waals surface area contributed by atoms with Gasteiger partial charge in [-0.3, -0.25) is 0 Å². The summed E-state index contributed by atoms with van der Waals surface area (Å²) in [5.41, 5.74) is 10.1. The molecule has 0 N–H and O–H groups in total. The summed E-state index contributed by atoms with van der Waals surface area (Å²) in [4.78, 5) is 0. The molecule has 0 saturated heterocycles. The van der Waals surface area contributed by atoms with Crippen molar-refractivity contribution in [2.24, 2.45) is 0 Å². The van der Waals surface area contributed by atoms with Gasteiger partial charge in [-0.25, -0.2) is 0 Å². The molecule has 314 valence electrons. The first-order chi connectivity index (χ1) is 23.8. The van der Waals surface area contributed by atoms with Gasteiger partial charge in [0.25, 0.3) is 0 Å². The number of rotatable bonds is 14. The van der Waals surface area contributed by atoms with E-state index in [9.17, 15) is 0 Å². The van der Waals surface area contributed by atoms with Gasteiger partial charge in [0.2, 0.25) is 0 Å². The van der Waals surface area contributed by atoms with Crippen molar-refractivity contribution in [3.05, 3.63) is 57.6 Å². The van der Waals surface area contributed by atoms with Crippen molar-refractivity contribution in [2.45, 2.75) is 210 Å². The Morgan fingerprint density at radius 2 is 0.527 bits per heavy atom. The summed E-state index contributed by atoms with van der Waals surface area (Å²) in [6.45, 7) is 83.0. The second-order valence-corrected chi connectivity index (χ2v) is 80.3. The van der Waals surface area contributed by atoms with Gasteiger partial charge in [-0.05, 0) is 39.2 Å². The van der Waals surface area contributed by atoms with Crippen molar-refractivity contribution in [2.75, 3.05) is 0 Å². The molecule has 2 radical (unpaired) electrons. The predicted molar refractivity (Wildman–Crippen MR) is 287 cm³/mol. The van der Waals surface area contributed by atoms with Gasteiger partial charge in [0.05, 0.1) is 0 Å². The van der Waals surface area contributed by atoms with E-state index in [2.05, 4.69) is 222 Å².